The molecule has 0 heterocycles. The number of aliphatic hydroxyl groups excluding tert-OH is 3. The molecule has 66 heavy (non-hydrogen) atoms. The maximum Gasteiger partial charge on any atom is 0.478 e. The molecule has 0 saturated heterocycles. The predicted molar refractivity (Wildman–Crippen MR) is 259 cm³/mol. The topological polar surface area (TPSA) is 205 Å². The van der Waals surface area contributed by atoms with E-state index in [9.17, 15) is 29.6 Å². The monoisotopic (exact) mass is 938 g/mol. The maximum absolute atomic E-state index is 14.2. The number of benzene rings is 6. The van der Waals surface area contributed by atoms with Gasteiger partial charge < -0.3 is 40.0 Å². The van der Waals surface area contributed by atoms with Crippen molar-refractivity contribution in [3.63, 3.8) is 0 Å². The van der Waals surface area contributed by atoms with Gasteiger partial charge in [-0.2, -0.15) is 4.31 Å². The second-order valence-electron chi connectivity index (χ2n) is 19.0. The van der Waals surface area contributed by atoms with E-state index in [0.29, 0.717) is 11.1 Å². The lowest BCUT2D eigenvalue weighted by Gasteiger charge is -2.49. The molecule has 0 aliphatic carbocycles. The summed E-state index contributed by atoms with van der Waals surface area (Å²) < 4.78 is 22.2. The molecule has 6 rings (SSSR count). The van der Waals surface area contributed by atoms with E-state index < -0.39 is 68.1 Å². The fourth-order valence-corrected chi connectivity index (χ4v) is 10.1. The van der Waals surface area contributed by atoms with Crippen LogP contribution in [0.15, 0.2) is 158 Å². The van der Waals surface area contributed by atoms with Crippen LogP contribution >= 0.6 is 15.6 Å². The van der Waals surface area contributed by atoms with E-state index in [1.54, 1.807) is 0 Å². The second-order valence-corrected chi connectivity index (χ2v) is 21.6. The molecule has 0 fully saturated rings. The summed E-state index contributed by atoms with van der Waals surface area (Å²) in [6.07, 6.45) is 0. The first kappa shape index (κ1) is 52.4. The fraction of sp³-hybridized carbons (Fsp3) is 0.321. The zero-order valence-corrected chi connectivity index (χ0v) is 40.6. The number of phosphoric acid groups is 2. The Balaban J connectivity index is 0.000000820. The zero-order chi connectivity index (χ0) is 49.0. The highest BCUT2D eigenvalue weighted by Gasteiger charge is 2.56. The summed E-state index contributed by atoms with van der Waals surface area (Å²) in [5.74, 6) is 0. The molecular formula is C53H64O11P2. The molecule has 0 atom stereocenters. The van der Waals surface area contributed by atoms with Crippen LogP contribution in [-0.4, -0.2) is 59.8 Å². The Morgan fingerprint density at radius 2 is 0.636 bits per heavy atom. The van der Waals surface area contributed by atoms with Gasteiger partial charge in [-0.05, 0) is 55.6 Å². The molecule has 11 nitrogen and oxygen atoms in total. The van der Waals surface area contributed by atoms with Crippen LogP contribution < -0.4 is 0 Å². The third-order valence-electron chi connectivity index (χ3n) is 13.5. The van der Waals surface area contributed by atoms with E-state index >= 15 is 0 Å². The zero-order valence-electron chi connectivity index (χ0n) is 38.8. The summed E-state index contributed by atoms with van der Waals surface area (Å²) in [6.45, 7) is 15.4. The van der Waals surface area contributed by atoms with Crippen molar-refractivity contribution in [2.75, 3.05) is 19.8 Å². The van der Waals surface area contributed by atoms with Crippen LogP contribution in [0.4, 0.5) is 0 Å². The standard InChI is InChI=1S/C53H60O4.H4O7P2/c1-48(2,38-21-13-9-14-22-38)42-29-31-44(46(33-42)50(5,6)40-25-17-11-18-26-40)53(57,52(35-54,36-55)37-56)45-32-30-43(49(3,4)39-23-15-10-16-24-39)34-47(45)51(7,8)41-27-19-12-20-28-41;1-8(2,3)7-9(4,5)6/h9-34,54-57H,35-37H2,1-8H3;(H2,1,2,3)(H2,4,5,6). The third-order valence-corrected chi connectivity index (χ3v) is 15.2. The van der Waals surface area contributed by atoms with Crippen molar-refractivity contribution in [3.8, 4) is 0 Å². The molecular weight excluding hydrogens is 875 g/mol. The number of hydrogen-bond donors (Lipinski definition) is 8. The highest BCUT2D eigenvalue weighted by molar-refractivity contribution is 7.60. The lowest BCUT2D eigenvalue weighted by molar-refractivity contribution is -0.137. The number of aliphatic hydroxyl groups is 4. The molecule has 0 spiro atoms. The average Bonchev–Trinajstić information content (AvgIpc) is 3.29. The van der Waals surface area contributed by atoms with Crippen molar-refractivity contribution in [2.45, 2.75) is 82.7 Å². The van der Waals surface area contributed by atoms with Gasteiger partial charge in [0.1, 0.15) is 5.60 Å². The molecule has 0 aliphatic heterocycles. The van der Waals surface area contributed by atoms with Crippen LogP contribution in [0.2, 0.25) is 0 Å². The Bertz CT molecular complexity index is 2460. The first-order valence-corrected chi connectivity index (χ1v) is 24.7. The van der Waals surface area contributed by atoms with E-state index in [-0.39, 0.29) is 0 Å². The second kappa shape index (κ2) is 19.9. The van der Waals surface area contributed by atoms with E-state index in [2.05, 4.69) is 157 Å². The Morgan fingerprint density at radius 3 is 0.864 bits per heavy atom. The van der Waals surface area contributed by atoms with Crippen molar-refractivity contribution in [3.05, 3.63) is 213 Å². The lowest BCUT2D eigenvalue weighted by atomic mass is 9.58. The summed E-state index contributed by atoms with van der Waals surface area (Å²) >= 11 is 0. The SMILES string of the molecule is CC(C)(c1ccccc1)c1ccc(C(O)(c2ccc(C(C)(C)c3ccccc3)cc2C(C)(C)c2ccccc2)C(CO)(CO)CO)c(C(C)(C)c2ccccc2)c1.O=P(O)(O)OP(=O)(O)O. The minimum absolute atomic E-state index is 0.410. The fourth-order valence-electron chi connectivity index (χ4n) is 8.94. The van der Waals surface area contributed by atoms with Gasteiger partial charge in [0.2, 0.25) is 0 Å². The lowest BCUT2D eigenvalue weighted by Crippen LogP contribution is -2.56. The van der Waals surface area contributed by atoms with E-state index in [0.717, 1.165) is 44.5 Å². The van der Waals surface area contributed by atoms with Crippen LogP contribution in [0.25, 0.3) is 0 Å². The highest BCUT2D eigenvalue weighted by Crippen LogP contribution is 2.55. The third kappa shape index (κ3) is 10.7. The summed E-state index contributed by atoms with van der Waals surface area (Å²) in [5.41, 5.74) is 3.08. The summed E-state index contributed by atoms with van der Waals surface area (Å²) in [6, 6.07) is 53.7. The number of hydrogen-bond acceptors (Lipinski definition) is 7. The normalized spacial score (nSPS) is 13.2. The minimum atomic E-state index is -5.05. The molecule has 6 aromatic rings. The average molecular weight is 939 g/mol. The molecule has 6 aromatic carbocycles. The van der Waals surface area contributed by atoms with Gasteiger partial charge in [0.15, 0.2) is 0 Å². The molecule has 0 aromatic heterocycles. The molecule has 352 valence electrons. The molecule has 0 aliphatic rings. The maximum atomic E-state index is 14.2. The van der Waals surface area contributed by atoms with Crippen molar-refractivity contribution >= 4 is 15.6 Å². The number of rotatable bonds is 16. The first-order chi connectivity index (χ1) is 30.7. The Morgan fingerprint density at radius 1 is 0.379 bits per heavy atom. The van der Waals surface area contributed by atoms with Crippen molar-refractivity contribution in [2.24, 2.45) is 5.41 Å². The Labute approximate surface area is 388 Å². The molecule has 8 N–H and O–H groups in total. The van der Waals surface area contributed by atoms with Crippen LogP contribution in [0.5, 0.6) is 0 Å². The van der Waals surface area contributed by atoms with Gasteiger partial charge in [0.25, 0.3) is 0 Å². The van der Waals surface area contributed by atoms with Crippen molar-refractivity contribution in [1.82, 2.24) is 0 Å². The molecule has 0 bridgehead atoms. The summed E-state index contributed by atoms with van der Waals surface area (Å²) in [5, 5.41) is 48.5. The highest BCUT2D eigenvalue weighted by atomic mass is 31.3. The Hall–Kier alpha value is -4.58. The van der Waals surface area contributed by atoms with Crippen LogP contribution in [0.1, 0.15) is 111 Å². The minimum Gasteiger partial charge on any atom is -0.395 e. The molecule has 13 heteroatoms. The quantitative estimate of drug-likeness (QED) is 0.0429. The van der Waals surface area contributed by atoms with Crippen molar-refractivity contribution < 1.29 is 53.4 Å². The van der Waals surface area contributed by atoms with Gasteiger partial charge in [0, 0.05) is 21.7 Å². The molecule has 0 saturated carbocycles. The first-order valence-electron chi connectivity index (χ1n) is 21.6. The molecule has 0 amide bonds. The Kier molecular flexibility index (Phi) is 15.8. The van der Waals surface area contributed by atoms with E-state index in [1.807, 2.05) is 60.7 Å². The van der Waals surface area contributed by atoms with Crippen molar-refractivity contribution in [1.29, 1.82) is 0 Å². The van der Waals surface area contributed by atoms with Gasteiger partial charge in [0.05, 0.1) is 25.2 Å². The van der Waals surface area contributed by atoms with Gasteiger partial charge in [-0.1, -0.05) is 213 Å². The smallest absolute Gasteiger partial charge is 0.395 e. The van der Waals surface area contributed by atoms with E-state index in [4.69, 9.17) is 19.6 Å². The molecule has 0 unspecified atom stereocenters. The predicted octanol–water partition coefficient (Wildman–Crippen LogP) is 9.38. The summed E-state index contributed by atoms with van der Waals surface area (Å²) in [4.78, 5) is 31.0. The largest absolute Gasteiger partial charge is 0.478 e. The van der Waals surface area contributed by atoms with E-state index in [1.165, 1.54) is 0 Å². The van der Waals surface area contributed by atoms with Crippen LogP contribution in [0, 0.1) is 5.41 Å². The van der Waals surface area contributed by atoms with Gasteiger partial charge in [-0.15, -0.1) is 0 Å². The van der Waals surface area contributed by atoms with Gasteiger partial charge >= 0.3 is 15.6 Å². The van der Waals surface area contributed by atoms with Gasteiger partial charge in [-0.25, -0.2) is 9.13 Å². The van der Waals surface area contributed by atoms with Crippen LogP contribution in [0.3, 0.4) is 0 Å². The van der Waals surface area contributed by atoms with Crippen LogP contribution in [-0.2, 0) is 40.7 Å². The molecule has 0 radical (unpaired) electrons. The van der Waals surface area contributed by atoms with Gasteiger partial charge in [-0.3, -0.25) is 0 Å². The summed E-state index contributed by atoms with van der Waals surface area (Å²) in [7, 11) is -10.1.